The number of halogens is 3. The van der Waals surface area contributed by atoms with Crippen molar-refractivity contribution < 1.29 is 27.4 Å². The number of esters is 1. The van der Waals surface area contributed by atoms with Gasteiger partial charge in [0.15, 0.2) is 0 Å². The molecule has 142 valence electrons. The van der Waals surface area contributed by atoms with Gasteiger partial charge in [0, 0.05) is 52.4 Å². The summed E-state index contributed by atoms with van der Waals surface area (Å²) in [4.78, 5) is 19.8. The Hall–Kier alpha value is -2.29. The normalized spacial score (nSPS) is 22.5. The van der Waals surface area contributed by atoms with Crippen LogP contribution in [0.1, 0.15) is 19.4 Å². The monoisotopic (exact) mass is 371 g/mol. The van der Waals surface area contributed by atoms with Crippen LogP contribution in [0.4, 0.5) is 19.0 Å². The molecule has 0 aliphatic carbocycles. The van der Waals surface area contributed by atoms with Gasteiger partial charge in [0.05, 0.1) is 17.7 Å². The molecule has 0 atom stereocenters. The average Bonchev–Trinajstić information content (AvgIpc) is 2.57. The molecule has 2 aliphatic heterocycles. The van der Waals surface area contributed by atoms with Crippen molar-refractivity contribution in [2.24, 2.45) is 0 Å². The van der Waals surface area contributed by atoms with E-state index in [1.807, 2.05) is 9.80 Å². The molecule has 6 nitrogen and oxygen atoms in total. The van der Waals surface area contributed by atoms with Gasteiger partial charge in [-0.2, -0.15) is 13.2 Å². The predicted molar refractivity (Wildman–Crippen MR) is 87.2 cm³/mol. The summed E-state index contributed by atoms with van der Waals surface area (Å²) in [5.74, 6) is -0.804. The maximum absolute atomic E-state index is 12.6. The maximum Gasteiger partial charge on any atom is 0.417 e. The summed E-state index contributed by atoms with van der Waals surface area (Å²) >= 11 is 0. The molecular weight excluding hydrogens is 351 g/mol. The predicted octanol–water partition coefficient (Wildman–Crippen LogP) is 2.42. The molecular formula is C17H20F3N3O3. The van der Waals surface area contributed by atoms with Crippen LogP contribution in [0.25, 0.3) is 0 Å². The number of rotatable bonds is 2. The first kappa shape index (κ1) is 18.5. The zero-order valence-electron chi connectivity index (χ0n) is 14.5. The molecule has 0 spiro atoms. The number of carbonyl (C=O) groups is 1. The van der Waals surface area contributed by atoms with E-state index in [0.717, 1.165) is 12.3 Å². The summed E-state index contributed by atoms with van der Waals surface area (Å²) in [7, 11) is 0. The lowest BCUT2D eigenvalue weighted by atomic mass is 10.2. The topological polar surface area (TPSA) is 54.9 Å². The largest absolute Gasteiger partial charge is 0.430 e. The molecule has 0 N–H and O–H groups in total. The molecule has 3 rings (SSSR count). The van der Waals surface area contributed by atoms with Gasteiger partial charge in [0.1, 0.15) is 5.82 Å². The van der Waals surface area contributed by atoms with Crippen LogP contribution >= 0.6 is 0 Å². The Morgan fingerprint density at radius 2 is 1.88 bits per heavy atom. The number of pyridine rings is 1. The second-order valence-electron chi connectivity index (χ2n) is 6.66. The Balaban J connectivity index is 1.58. The van der Waals surface area contributed by atoms with E-state index in [1.165, 1.54) is 6.07 Å². The minimum atomic E-state index is -4.39. The van der Waals surface area contributed by atoms with Crippen molar-refractivity contribution in [3.63, 3.8) is 0 Å². The molecule has 26 heavy (non-hydrogen) atoms. The fraction of sp³-hybridized carbons (Fsp3) is 0.529. The SMILES string of the molecule is CC1(C)OC/C(=C\N2CCN(c3ccc(C(F)(F)F)cn3)CC2)C(=O)O1. The lowest BCUT2D eigenvalue weighted by molar-refractivity contribution is -0.224. The number of ether oxygens (including phenoxy) is 2. The van der Waals surface area contributed by atoms with Crippen LogP contribution < -0.4 is 4.90 Å². The van der Waals surface area contributed by atoms with E-state index in [-0.39, 0.29) is 6.61 Å². The van der Waals surface area contributed by atoms with Crippen LogP contribution in [0, 0.1) is 0 Å². The number of alkyl halides is 3. The summed E-state index contributed by atoms with van der Waals surface area (Å²) in [5, 5.41) is 0. The van der Waals surface area contributed by atoms with Crippen molar-refractivity contribution >= 4 is 11.8 Å². The minimum absolute atomic E-state index is 0.187. The van der Waals surface area contributed by atoms with Crippen molar-refractivity contribution in [1.82, 2.24) is 9.88 Å². The van der Waals surface area contributed by atoms with Crippen molar-refractivity contribution in [1.29, 1.82) is 0 Å². The highest BCUT2D eigenvalue weighted by Gasteiger charge is 2.33. The second-order valence-corrected chi connectivity index (χ2v) is 6.66. The number of cyclic esters (lactones) is 1. The molecule has 0 unspecified atom stereocenters. The summed E-state index contributed by atoms with van der Waals surface area (Å²) in [6, 6.07) is 2.42. The lowest BCUT2D eigenvalue weighted by Gasteiger charge is -2.36. The molecule has 3 heterocycles. The van der Waals surface area contributed by atoms with Gasteiger partial charge in [-0.25, -0.2) is 9.78 Å². The van der Waals surface area contributed by atoms with Gasteiger partial charge in [-0.15, -0.1) is 0 Å². The fourth-order valence-electron chi connectivity index (χ4n) is 2.76. The van der Waals surface area contributed by atoms with Gasteiger partial charge in [-0.05, 0) is 12.1 Å². The Morgan fingerprint density at radius 1 is 1.19 bits per heavy atom. The van der Waals surface area contributed by atoms with Crippen LogP contribution in [0.15, 0.2) is 30.1 Å². The quantitative estimate of drug-likeness (QED) is 0.588. The van der Waals surface area contributed by atoms with Crippen molar-refractivity contribution in [3.8, 4) is 0 Å². The van der Waals surface area contributed by atoms with E-state index < -0.39 is 23.5 Å². The number of anilines is 1. The first-order chi connectivity index (χ1) is 12.1. The molecule has 1 aromatic rings. The van der Waals surface area contributed by atoms with Crippen LogP contribution in [0.2, 0.25) is 0 Å². The standard InChI is InChI=1S/C17H20F3N3O3/c1-16(2)25-11-12(15(24)26-16)10-22-5-7-23(8-6-22)14-4-3-13(9-21-14)17(18,19)20/h3-4,9-10H,5-8,11H2,1-2H3/b12-10+. The van der Waals surface area contributed by atoms with Gasteiger partial charge in [0.25, 0.3) is 0 Å². The van der Waals surface area contributed by atoms with Crippen molar-refractivity contribution in [3.05, 3.63) is 35.7 Å². The van der Waals surface area contributed by atoms with E-state index in [9.17, 15) is 18.0 Å². The number of aromatic nitrogens is 1. The highest BCUT2D eigenvalue weighted by Crippen LogP contribution is 2.29. The number of nitrogens with zero attached hydrogens (tertiary/aromatic N) is 3. The molecule has 1 aromatic heterocycles. The third-order valence-electron chi connectivity index (χ3n) is 4.23. The summed E-state index contributed by atoms with van der Waals surface area (Å²) in [6.07, 6.45) is -1.81. The molecule has 0 bridgehead atoms. The van der Waals surface area contributed by atoms with Crippen LogP contribution in [0.3, 0.4) is 0 Å². The molecule has 0 saturated carbocycles. The maximum atomic E-state index is 12.6. The van der Waals surface area contributed by atoms with Gasteiger partial charge < -0.3 is 19.3 Å². The summed E-state index contributed by atoms with van der Waals surface area (Å²) in [6.45, 7) is 5.94. The molecule has 2 saturated heterocycles. The van der Waals surface area contributed by atoms with Gasteiger partial charge in [-0.1, -0.05) is 0 Å². The Kier molecular flexibility index (Phi) is 4.83. The van der Waals surface area contributed by atoms with E-state index in [0.29, 0.717) is 37.6 Å². The number of piperazine rings is 1. The van der Waals surface area contributed by atoms with Gasteiger partial charge in [-0.3, -0.25) is 0 Å². The first-order valence-corrected chi connectivity index (χ1v) is 8.24. The number of hydrogen-bond donors (Lipinski definition) is 0. The van der Waals surface area contributed by atoms with Gasteiger partial charge in [0.2, 0.25) is 5.79 Å². The number of hydrogen-bond acceptors (Lipinski definition) is 6. The summed E-state index contributed by atoms with van der Waals surface area (Å²) in [5.41, 5.74) is -0.311. The zero-order chi connectivity index (χ0) is 18.9. The van der Waals surface area contributed by atoms with E-state index in [2.05, 4.69) is 4.98 Å². The Bertz CT molecular complexity index is 693. The van der Waals surface area contributed by atoms with Crippen molar-refractivity contribution in [2.45, 2.75) is 25.8 Å². The Morgan fingerprint density at radius 3 is 2.42 bits per heavy atom. The van der Waals surface area contributed by atoms with Crippen molar-refractivity contribution in [2.75, 3.05) is 37.7 Å². The molecule has 2 fully saturated rings. The Labute approximate surface area is 149 Å². The summed E-state index contributed by atoms with van der Waals surface area (Å²) < 4.78 is 48.5. The molecule has 0 radical (unpaired) electrons. The third-order valence-corrected chi connectivity index (χ3v) is 4.23. The highest BCUT2D eigenvalue weighted by atomic mass is 19.4. The fourth-order valence-corrected chi connectivity index (χ4v) is 2.76. The van der Waals surface area contributed by atoms with Gasteiger partial charge >= 0.3 is 12.1 Å². The lowest BCUT2D eigenvalue weighted by Crippen LogP contribution is -2.45. The number of carbonyl (C=O) groups excluding carboxylic acids is 1. The first-order valence-electron chi connectivity index (χ1n) is 8.24. The van der Waals surface area contributed by atoms with Crippen LogP contribution in [-0.2, 0) is 20.4 Å². The van der Waals surface area contributed by atoms with Crippen LogP contribution in [-0.4, -0.2) is 54.4 Å². The van der Waals surface area contributed by atoms with E-state index in [1.54, 1.807) is 20.0 Å². The van der Waals surface area contributed by atoms with E-state index in [4.69, 9.17) is 9.47 Å². The van der Waals surface area contributed by atoms with Crippen LogP contribution in [0.5, 0.6) is 0 Å². The second kappa shape index (κ2) is 6.79. The highest BCUT2D eigenvalue weighted by molar-refractivity contribution is 5.89. The molecule has 9 heteroatoms. The smallest absolute Gasteiger partial charge is 0.417 e. The minimum Gasteiger partial charge on any atom is -0.430 e. The average molecular weight is 371 g/mol. The zero-order valence-corrected chi connectivity index (χ0v) is 14.5. The molecule has 2 aliphatic rings. The van der Waals surface area contributed by atoms with E-state index >= 15 is 0 Å². The molecule has 0 amide bonds. The third kappa shape index (κ3) is 4.27. The molecule has 0 aromatic carbocycles.